The fourth-order valence-electron chi connectivity index (χ4n) is 3.53. The van der Waals surface area contributed by atoms with Crippen molar-refractivity contribution in [1.82, 2.24) is 15.2 Å². The minimum absolute atomic E-state index is 0.0133. The average Bonchev–Trinajstić information content (AvgIpc) is 2.65. The number of hydrogen-bond donors (Lipinski definition) is 1. The lowest BCUT2D eigenvalue weighted by molar-refractivity contribution is 0.109. The van der Waals surface area contributed by atoms with Crippen LogP contribution in [0.25, 0.3) is 0 Å². The van der Waals surface area contributed by atoms with E-state index in [2.05, 4.69) is 64.4 Å². The highest BCUT2D eigenvalue weighted by molar-refractivity contribution is 5.55. The van der Waals surface area contributed by atoms with Crippen LogP contribution >= 0.6 is 0 Å². The second kappa shape index (κ2) is 7.36. The van der Waals surface area contributed by atoms with E-state index in [0.29, 0.717) is 30.5 Å². The lowest BCUT2D eigenvalue weighted by Crippen LogP contribution is -2.50. The number of nitrogens with zero attached hydrogens (tertiary/aromatic N) is 5. The molecule has 7 nitrogen and oxygen atoms in total. The van der Waals surface area contributed by atoms with Crippen LogP contribution in [-0.4, -0.2) is 41.4 Å². The first-order valence-electron chi connectivity index (χ1n) is 9.77. The molecule has 0 spiro atoms. The zero-order valence-electron chi connectivity index (χ0n) is 16.7. The maximum Gasteiger partial charge on any atom is 0.151 e. The SMILES string of the molecule is CC(C)(C)c1ccc(N2CC(CNc3nc4c(cc3C#N)COCC4)C2)nn1. The molecule has 0 aromatic carbocycles. The van der Waals surface area contributed by atoms with E-state index < -0.39 is 0 Å². The van der Waals surface area contributed by atoms with Crippen LogP contribution in [0, 0.1) is 17.2 Å². The normalized spacial score (nSPS) is 16.9. The Kier molecular flexibility index (Phi) is 4.90. The molecule has 2 aliphatic rings. The van der Waals surface area contributed by atoms with E-state index >= 15 is 0 Å². The topological polar surface area (TPSA) is 87.0 Å². The van der Waals surface area contributed by atoms with Gasteiger partial charge in [0.1, 0.15) is 11.9 Å². The Morgan fingerprint density at radius 3 is 2.79 bits per heavy atom. The molecule has 1 fully saturated rings. The molecule has 0 aliphatic carbocycles. The van der Waals surface area contributed by atoms with E-state index in [1.165, 1.54) is 0 Å². The first-order chi connectivity index (χ1) is 13.4. The average molecular weight is 378 g/mol. The number of ether oxygens (including phenoxy) is 1. The zero-order valence-corrected chi connectivity index (χ0v) is 16.7. The molecule has 0 unspecified atom stereocenters. The van der Waals surface area contributed by atoms with Gasteiger partial charge in [-0.15, -0.1) is 5.10 Å². The summed E-state index contributed by atoms with van der Waals surface area (Å²) in [6.07, 6.45) is 0.802. The van der Waals surface area contributed by atoms with Crippen LogP contribution in [0.2, 0.25) is 0 Å². The number of fused-ring (bicyclic) bond motifs is 1. The van der Waals surface area contributed by atoms with E-state index in [1.54, 1.807) is 0 Å². The summed E-state index contributed by atoms with van der Waals surface area (Å²) in [4.78, 5) is 6.91. The van der Waals surface area contributed by atoms with E-state index in [0.717, 1.165) is 48.8 Å². The second-order valence-corrected chi connectivity index (χ2v) is 8.58. The summed E-state index contributed by atoms with van der Waals surface area (Å²) in [5.74, 6) is 2.11. The molecule has 0 amide bonds. The van der Waals surface area contributed by atoms with Crippen LogP contribution in [0.15, 0.2) is 18.2 Å². The minimum atomic E-state index is 0.0133. The Balaban J connectivity index is 1.34. The van der Waals surface area contributed by atoms with Gasteiger partial charge in [0.2, 0.25) is 0 Å². The molecule has 28 heavy (non-hydrogen) atoms. The summed E-state index contributed by atoms with van der Waals surface area (Å²) in [5.41, 5.74) is 3.67. The van der Waals surface area contributed by atoms with Crippen molar-refractivity contribution in [3.63, 3.8) is 0 Å². The largest absolute Gasteiger partial charge is 0.376 e. The lowest BCUT2D eigenvalue weighted by Gasteiger charge is -2.40. The molecule has 4 heterocycles. The third-order valence-electron chi connectivity index (χ3n) is 5.31. The lowest BCUT2D eigenvalue weighted by atomic mass is 9.92. The summed E-state index contributed by atoms with van der Waals surface area (Å²) >= 11 is 0. The Bertz CT molecular complexity index is 891. The van der Waals surface area contributed by atoms with Crippen LogP contribution in [0.1, 0.15) is 43.3 Å². The molecule has 2 aromatic rings. The molecular weight excluding hydrogens is 352 g/mol. The summed E-state index contributed by atoms with van der Waals surface area (Å²) in [7, 11) is 0. The highest BCUT2D eigenvalue weighted by Crippen LogP contribution is 2.26. The van der Waals surface area contributed by atoms with Gasteiger partial charge in [-0.2, -0.15) is 10.4 Å². The first-order valence-corrected chi connectivity index (χ1v) is 9.77. The number of nitriles is 1. The van der Waals surface area contributed by atoms with E-state index in [1.807, 2.05) is 6.07 Å². The summed E-state index contributed by atoms with van der Waals surface area (Å²) in [6.45, 7) is 10.3. The van der Waals surface area contributed by atoms with Crippen molar-refractivity contribution in [2.24, 2.45) is 5.92 Å². The number of aromatic nitrogens is 3. The molecule has 2 aromatic heterocycles. The van der Waals surface area contributed by atoms with E-state index in [9.17, 15) is 5.26 Å². The number of hydrogen-bond acceptors (Lipinski definition) is 7. The van der Waals surface area contributed by atoms with Crippen molar-refractivity contribution in [3.8, 4) is 6.07 Å². The second-order valence-electron chi connectivity index (χ2n) is 8.58. The molecule has 0 bridgehead atoms. The van der Waals surface area contributed by atoms with Crippen LogP contribution in [0.4, 0.5) is 11.6 Å². The Hall–Kier alpha value is -2.72. The standard InChI is InChI=1S/C21H26N6O/c1-21(2,3)18-4-5-19(26-25-18)27-11-14(12-27)10-23-20-15(9-22)8-16-13-28-7-6-17(16)24-20/h4-5,8,14H,6-7,10-13H2,1-3H3,(H,23,24). The summed E-state index contributed by atoms with van der Waals surface area (Å²) in [5, 5.41) is 21.6. The molecule has 146 valence electrons. The Morgan fingerprint density at radius 1 is 1.29 bits per heavy atom. The molecule has 7 heteroatoms. The van der Waals surface area contributed by atoms with Gasteiger partial charge in [0.15, 0.2) is 5.82 Å². The quantitative estimate of drug-likeness (QED) is 0.875. The van der Waals surface area contributed by atoms with Crippen molar-refractivity contribution in [2.75, 3.05) is 36.5 Å². The number of nitrogens with one attached hydrogen (secondary N) is 1. The van der Waals surface area contributed by atoms with Crippen LogP contribution in [-0.2, 0) is 23.2 Å². The number of rotatable bonds is 4. The third-order valence-corrected chi connectivity index (χ3v) is 5.31. The van der Waals surface area contributed by atoms with Crippen LogP contribution in [0.3, 0.4) is 0 Å². The molecular formula is C21H26N6O. The van der Waals surface area contributed by atoms with Gasteiger partial charge in [-0.3, -0.25) is 0 Å². The van der Waals surface area contributed by atoms with Gasteiger partial charge in [-0.05, 0) is 18.2 Å². The van der Waals surface area contributed by atoms with Crippen molar-refractivity contribution in [2.45, 2.75) is 39.2 Å². The molecule has 1 saturated heterocycles. The van der Waals surface area contributed by atoms with Gasteiger partial charge in [-0.1, -0.05) is 20.8 Å². The summed E-state index contributed by atoms with van der Waals surface area (Å²) < 4.78 is 5.45. The summed E-state index contributed by atoms with van der Waals surface area (Å²) in [6, 6.07) is 8.27. The maximum absolute atomic E-state index is 9.43. The monoisotopic (exact) mass is 378 g/mol. The molecule has 1 N–H and O–H groups in total. The van der Waals surface area contributed by atoms with Gasteiger partial charge in [0.25, 0.3) is 0 Å². The Morgan fingerprint density at radius 2 is 2.11 bits per heavy atom. The number of pyridine rings is 1. The predicted molar refractivity (Wildman–Crippen MR) is 107 cm³/mol. The Labute approximate surface area is 165 Å². The highest BCUT2D eigenvalue weighted by Gasteiger charge is 2.29. The predicted octanol–water partition coefficient (Wildman–Crippen LogP) is 2.66. The van der Waals surface area contributed by atoms with E-state index in [-0.39, 0.29) is 5.41 Å². The van der Waals surface area contributed by atoms with E-state index in [4.69, 9.17) is 4.74 Å². The molecule has 4 rings (SSSR count). The maximum atomic E-state index is 9.43. The van der Waals surface area contributed by atoms with Gasteiger partial charge < -0.3 is 15.0 Å². The fraction of sp³-hybridized carbons (Fsp3) is 0.524. The smallest absolute Gasteiger partial charge is 0.151 e. The van der Waals surface area contributed by atoms with Gasteiger partial charge in [0, 0.05) is 43.0 Å². The third kappa shape index (κ3) is 3.78. The van der Waals surface area contributed by atoms with Crippen molar-refractivity contribution in [1.29, 1.82) is 5.26 Å². The van der Waals surface area contributed by atoms with Crippen LogP contribution < -0.4 is 10.2 Å². The molecule has 0 radical (unpaired) electrons. The number of anilines is 2. The first kappa shape index (κ1) is 18.6. The van der Waals surface area contributed by atoms with Crippen molar-refractivity contribution >= 4 is 11.6 Å². The fourth-order valence-corrected chi connectivity index (χ4v) is 3.53. The van der Waals surface area contributed by atoms with Gasteiger partial charge >= 0.3 is 0 Å². The highest BCUT2D eigenvalue weighted by atomic mass is 16.5. The van der Waals surface area contributed by atoms with Crippen molar-refractivity contribution < 1.29 is 4.74 Å². The van der Waals surface area contributed by atoms with Gasteiger partial charge in [0.05, 0.1) is 30.2 Å². The minimum Gasteiger partial charge on any atom is -0.376 e. The zero-order chi connectivity index (χ0) is 19.7. The molecule has 0 saturated carbocycles. The molecule has 2 aliphatic heterocycles. The van der Waals surface area contributed by atoms with Crippen molar-refractivity contribution in [3.05, 3.63) is 40.7 Å². The molecule has 0 atom stereocenters. The van der Waals surface area contributed by atoms with Gasteiger partial charge in [-0.25, -0.2) is 4.98 Å². The van der Waals surface area contributed by atoms with Crippen LogP contribution in [0.5, 0.6) is 0 Å².